The molecule has 1 aromatic heterocycles. The Morgan fingerprint density at radius 1 is 1.06 bits per heavy atom. The first-order valence-electron chi connectivity index (χ1n) is 10.8. The molecule has 4 aromatic rings. The molecular weight excluding hydrogens is 486 g/mol. The van der Waals surface area contributed by atoms with E-state index >= 15 is 0 Å². The lowest BCUT2D eigenvalue weighted by Gasteiger charge is -2.15. The summed E-state index contributed by atoms with van der Waals surface area (Å²) in [5, 5.41) is 14.0. The van der Waals surface area contributed by atoms with Crippen molar-refractivity contribution in [3.63, 3.8) is 0 Å². The maximum Gasteiger partial charge on any atom is 0.339 e. The maximum atomic E-state index is 13.1. The number of benzene rings is 3. The minimum atomic E-state index is -1.18. The molecule has 9 nitrogen and oxygen atoms in total. The molecule has 1 amide bonds. The first-order valence-corrected chi connectivity index (χ1v) is 11.1. The van der Waals surface area contributed by atoms with Crippen LogP contribution >= 0.6 is 11.6 Å². The lowest BCUT2D eigenvalue weighted by Crippen LogP contribution is -2.30. The Morgan fingerprint density at radius 3 is 2.44 bits per heavy atom. The number of halogens is 1. The smallest absolute Gasteiger partial charge is 0.339 e. The van der Waals surface area contributed by atoms with Crippen LogP contribution in [0.5, 0.6) is 5.75 Å². The SMILES string of the molecule is COc1ccc(-c2cc(C(=O)OC(C)C(=O)Nc3ccc([N+](=O)[O-])cc3Cl)c3ccccc3n2)cc1. The van der Waals surface area contributed by atoms with Crippen molar-refractivity contribution in [1.82, 2.24) is 4.98 Å². The van der Waals surface area contributed by atoms with Crippen LogP contribution in [-0.4, -0.2) is 35.0 Å². The number of nitro groups is 1. The largest absolute Gasteiger partial charge is 0.497 e. The summed E-state index contributed by atoms with van der Waals surface area (Å²) in [6.45, 7) is 1.42. The molecule has 10 heteroatoms. The average Bonchev–Trinajstić information content (AvgIpc) is 2.88. The third kappa shape index (κ3) is 5.26. The molecule has 0 fully saturated rings. The first kappa shape index (κ1) is 24.6. The van der Waals surface area contributed by atoms with E-state index in [1.165, 1.54) is 19.1 Å². The van der Waals surface area contributed by atoms with Crippen LogP contribution in [0.4, 0.5) is 11.4 Å². The summed E-state index contributed by atoms with van der Waals surface area (Å²) in [6, 6.07) is 19.6. The normalized spacial score (nSPS) is 11.5. The summed E-state index contributed by atoms with van der Waals surface area (Å²) in [6.07, 6.45) is -1.18. The Kier molecular flexibility index (Phi) is 7.12. The van der Waals surface area contributed by atoms with Gasteiger partial charge in [-0.15, -0.1) is 0 Å². The molecule has 0 bridgehead atoms. The Hall–Kier alpha value is -4.50. The predicted molar refractivity (Wildman–Crippen MR) is 135 cm³/mol. The van der Waals surface area contributed by atoms with Gasteiger partial charge in [0.15, 0.2) is 6.10 Å². The standard InChI is InChI=1S/C26H20ClN3O6/c1-15(25(31)29-23-12-9-17(30(33)34)13-21(23)27)36-26(32)20-14-24(16-7-10-18(35-2)11-8-16)28-22-6-4-3-5-19(20)22/h3-15H,1-2H3,(H,29,31). The van der Waals surface area contributed by atoms with E-state index in [1.807, 2.05) is 18.2 Å². The van der Waals surface area contributed by atoms with Gasteiger partial charge in [0, 0.05) is 23.1 Å². The van der Waals surface area contributed by atoms with Crippen molar-refractivity contribution in [1.29, 1.82) is 0 Å². The van der Waals surface area contributed by atoms with Crippen molar-refractivity contribution < 1.29 is 24.0 Å². The molecule has 1 unspecified atom stereocenters. The number of nitro benzene ring substituents is 1. The van der Waals surface area contributed by atoms with Gasteiger partial charge in [0.25, 0.3) is 11.6 Å². The Labute approximate surface area is 210 Å². The van der Waals surface area contributed by atoms with Gasteiger partial charge in [0.2, 0.25) is 0 Å². The van der Waals surface area contributed by atoms with Gasteiger partial charge in [0.05, 0.1) is 39.5 Å². The second-order valence-corrected chi connectivity index (χ2v) is 8.17. The minimum absolute atomic E-state index is 0.0136. The second kappa shape index (κ2) is 10.4. The van der Waals surface area contributed by atoms with Crippen LogP contribution in [0.25, 0.3) is 22.2 Å². The van der Waals surface area contributed by atoms with E-state index in [2.05, 4.69) is 10.3 Å². The van der Waals surface area contributed by atoms with Crippen LogP contribution in [0, 0.1) is 10.1 Å². The molecule has 1 heterocycles. The molecular formula is C26H20ClN3O6. The van der Waals surface area contributed by atoms with Gasteiger partial charge in [-0.05, 0) is 49.4 Å². The Morgan fingerprint density at radius 2 is 1.78 bits per heavy atom. The van der Waals surface area contributed by atoms with Crippen molar-refractivity contribution in [2.45, 2.75) is 13.0 Å². The fraction of sp³-hybridized carbons (Fsp3) is 0.115. The lowest BCUT2D eigenvalue weighted by molar-refractivity contribution is -0.384. The molecule has 4 rings (SSSR count). The molecule has 36 heavy (non-hydrogen) atoms. The highest BCUT2D eigenvalue weighted by atomic mass is 35.5. The van der Waals surface area contributed by atoms with E-state index in [0.717, 1.165) is 11.6 Å². The molecule has 0 radical (unpaired) electrons. The van der Waals surface area contributed by atoms with E-state index in [-0.39, 0.29) is 22.0 Å². The van der Waals surface area contributed by atoms with Gasteiger partial charge in [-0.1, -0.05) is 29.8 Å². The number of para-hydroxylation sites is 1. The summed E-state index contributed by atoms with van der Waals surface area (Å²) in [5.41, 5.74) is 2.11. The first-order chi connectivity index (χ1) is 17.3. The summed E-state index contributed by atoms with van der Waals surface area (Å²) in [4.78, 5) is 40.7. The molecule has 182 valence electrons. The predicted octanol–water partition coefficient (Wildman–Crippen LogP) is 5.66. The average molecular weight is 506 g/mol. The van der Waals surface area contributed by atoms with Crippen LogP contribution in [0.15, 0.2) is 72.8 Å². The number of pyridine rings is 1. The number of methoxy groups -OCH3 is 1. The number of ether oxygens (including phenoxy) is 2. The van der Waals surface area contributed by atoms with Crippen molar-refractivity contribution in [2.75, 3.05) is 12.4 Å². The van der Waals surface area contributed by atoms with Crippen molar-refractivity contribution in [2.24, 2.45) is 0 Å². The van der Waals surface area contributed by atoms with Crippen LogP contribution in [0.3, 0.4) is 0 Å². The number of hydrogen-bond donors (Lipinski definition) is 1. The summed E-state index contributed by atoms with van der Waals surface area (Å²) >= 11 is 6.04. The zero-order valence-electron chi connectivity index (χ0n) is 19.2. The van der Waals surface area contributed by atoms with Crippen molar-refractivity contribution in [3.05, 3.63) is 93.5 Å². The molecule has 0 aliphatic carbocycles. The van der Waals surface area contributed by atoms with E-state index in [1.54, 1.807) is 43.5 Å². The molecule has 0 spiro atoms. The summed E-state index contributed by atoms with van der Waals surface area (Å²) in [5.74, 6) is -0.666. The highest BCUT2D eigenvalue weighted by molar-refractivity contribution is 6.34. The van der Waals surface area contributed by atoms with Crippen LogP contribution in [0.2, 0.25) is 5.02 Å². The molecule has 0 aliphatic rings. The van der Waals surface area contributed by atoms with E-state index in [4.69, 9.17) is 21.1 Å². The fourth-order valence-corrected chi connectivity index (χ4v) is 3.71. The topological polar surface area (TPSA) is 121 Å². The lowest BCUT2D eigenvalue weighted by atomic mass is 10.0. The van der Waals surface area contributed by atoms with Gasteiger partial charge >= 0.3 is 5.97 Å². The Balaban J connectivity index is 1.57. The van der Waals surface area contributed by atoms with E-state index in [0.29, 0.717) is 22.3 Å². The number of hydrogen-bond acceptors (Lipinski definition) is 7. The molecule has 1 atom stereocenters. The highest BCUT2D eigenvalue weighted by Gasteiger charge is 2.23. The number of amides is 1. The third-order valence-corrected chi connectivity index (χ3v) is 5.71. The summed E-state index contributed by atoms with van der Waals surface area (Å²) < 4.78 is 10.7. The van der Waals surface area contributed by atoms with Gasteiger partial charge in [-0.2, -0.15) is 0 Å². The fourth-order valence-electron chi connectivity index (χ4n) is 3.48. The third-order valence-electron chi connectivity index (χ3n) is 5.40. The van der Waals surface area contributed by atoms with Crippen LogP contribution < -0.4 is 10.1 Å². The van der Waals surface area contributed by atoms with Crippen LogP contribution in [-0.2, 0) is 9.53 Å². The van der Waals surface area contributed by atoms with Crippen molar-refractivity contribution >= 4 is 45.8 Å². The van der Waals surface area contributed by atoms with Gasteiger partial charge in [-0.3, -0.25) is 14.9 Å². The highest BCUT2D eigenvalue weighted by Crippen LogP contribution is 2.28. The zero-order valence-corrected chi connectivity index (χ0v) is 20.0. The van der Waals surface area contributed by atoms with Crippen LogP contribution in [0.1, 0.15) is 17.3 Å². The molecule has 1 N–H and O–H groups in total. The maximum absolute atomic E-state index is 13.1. The number of nitrogens with one attached hydrogen (secondary N) is 1. The van der Waals surface area contributed by atoms with E-state index < -0.39 is 22.9 Å². The molecule has 3 aromatic carbocycles. The Bertz CT molecular complexity index is 1470. The number of non-ortho nitro benzene ring substituents is 1. The van der Waals surface area contributed by atoms with Gasteiger partial charge in [-0.25, -0.2) is 9.78 Å². The number of carbonyl (C=O) groups is 2. The molecule has 0 saturated carbocycles. The second-order valence-electron chi connectivity index (χ2n) is 7.76. The zero-order chi connectivity index (χ0) is 25.8. The van der Waals surface area contributed by atoms with Gasteiger partial charge < -0.3 is 14.8 Å². The number of carbonyl (C=O) groups excluding carboxylic acids is 2. The number of aromatic nitrogens is 1. The monoisotopic (exact) mass is 505 g/mol. The number of esters is 1. The minimum Gasteiger partial charge on any atom is -0.497 e. The quantitative estimate of drug-likeness (QED) is 0.195. The molecule has 0 saturated heterocycles. The number of fused-ring (bicyclic) bond motifs is 1. The summed E-state index contributed by atoms with van der Waals surface area (Å²) in [7, 11) is 1.57. The number of rotatable bonds is 7. The van der Waals surface area contributed by atoms with Gasteiger partial charge in [0.1, 0.15) is 5.75 Å². The van der Waals surface area contributed by atoms with Crippen molar-refractivity contribution in [3.8, 4) is 17.0 Å². The molecule has 0 aliphatic heterocycles. The number of nitrogens with zero attached hydrogens (tertiary/aromatic N) is 2. The number of anilines is 1. The van der Waals surface area contributed by atoms with E-state index in [9.17, 15) is 19.7 Å².